The van der Waals surface area contributed by atoms with E-state index < -0.39 is 24.3 Å². The Morgan fingerprint density at radius 2 is 1.75 bits per heavy atom. The fraction of sp³-hybridized carbons (Fsp3) is 0.357. The van der Waals surface area contributed by atoms with Gasteiger partial charge in [0.25, 0.3) is 0 Å². The van der Waals surface area contributed by atoms with E-state index in [0.29, 0.717) is 48.5 Å². The largest absolute Gasteiger partial charge is 0.480 e. The van der Waals surface area contributed by atoms with E-state index in [4.69, 9.17) is 9.63 Å². The quantitative estimate of drug-likeness (QED) is 0.239. The van der Waals surface area contributed by atoms with Gasteiger partial charge in [-0.25, -0.2) is 0 Å². The minimum absolute atomic E-state index is 0.0195. The van der Waals surface area contributed by atoms with Crippen LogP contribution >= 0.6 is 0 Å². The molecule has 40 heavy (non-hydrogen) atoms. The van der Waals surface area contributed by atoms with Crippen molar-refractivity contribution >= 4 is 46.1 Å². The molecule has 0 aliphatic carbocycles. The predicted octanol–water partition coefficient (Wildman–Crippen LogP) is 2.16. The molecule has 1 aliphatic heterocycles. The van der Waals surface area contributed by atoms with E-state index >= 15 is 0 Å². The monoisotopic (exact) mass is 548 g/mol. The molecule has 5 N–H and O–H groups in total. The smallest absolute Gasteiger partial charge is 0.322 e. The number of aliphatic carboxylic acids is 1. The van der Waals surface area contributed by atoms with Crippen molar-refractivity contribution in [1.29, 1.82) is 5.41 Å². The maximum absolute atomic E-state index is 12.5. The summed E-state index contributed by atoms with van der Waals surface area (Å²) in [7, 11) is 0. The molecule has 1 saturated heterocycles. The zero-order valence-electron chi connectivity index (χ0n) is 22.4. The number of nitrogens with one attached hydrogen (secondary N) is 4. The first-order valence-electron chi connectivity index (χ1n) is 13.0. The Balaban J connectivity index is 1.57. The summed E-state index contributed by atoms with van der Waals surface area (Å²) in [5, 5.41) is 30.6. The first-order valence-corrected chi connectivity index (χ1v) is 13.0. The fourth-order valence-corrected chi connectivity index (χ4v) is 4.80. The average molecular weight is 549 g/mol. The van der Waals surface area contributed by atoms with Crippen LogP contribution in [0.4, 0.5) is 5.69 Å². The Kier molecular flexibility index (Phi) is 8.77. The van der Waals surface area contributed by atoms with E-state index in [1.165, 1.54) is 0 Å². The summed E-state index contributed by atoms with van der Waals surface area (Å²) in [4.78, 5) is 48.4. The molecule has 0 saturated carbocycles. The number of nitrogens with zero attached hydrogens (tertiary/aromatic N) is 2. The summed E-state index contributed by atoms with van der Waals surface area (Å²) in [5.74, 6) is -2.33. The second-order valence-corrected chi connectivity index (χ2v) is 9.70. The number of amides is 3. The van der Waals surface area contributed by atoms with Crippen LogP contribution < -0.4 is 16.0 Å². The lowest BCUT2D eigenvalue weighted by Gasteiger charge is -2.32. The van der Waals surface area contributed by atoms with E-state index in [9.17, 15) is 24.6 Å². The van der Waals surface area contributed by atoms with Gasteiger partial charge in [-0.1, -0.05) is 23.4 Å². The summed E-state index contributed by atoms with van der Waals surface area (Å²) >= 11 is 0. The molecule has 4 rings (SSSR count). The number of carboxylic acids is 1. The molecule has 210 valence electrons. The lowest BCUT2D eigenvalue weighted by Crippen LogP contribution is -2.41. The molecule has 12 nitrogen and oxygen atoms in total. The van der Waals surface area contributed by atoms with Gasteiger partial charge >= 0.3 is 5.97 Å². The normalized spacial score (nSPS) is 13.6. The molecular formula is C28H32N6O6. The molecule has 2 aromatic carbocycles. The summed E-state index contributed by atoms with van der Waals surface area (Å²) in [6, 6.07) is 11.3. The van der Waals surface area contributed by atoms with Crippen LogP contribution in [0, 0.1) is 18.3 Å². The van der Waals surface area contributed by atoms with Crippen LogP contribution in [0.25, 0.3) is 22.1 Å². The molecule has 0 bridgehead atoms. The maximum Gasteiger partial charge on any atom is 0.322 e. The number of hydrogen-bond donors (Lipinski definition) is 5. The number of carbonyl (C=O) groups is 4. The van der Waals surface area contributed by atoms with Crippen molar-refractivity contribution in [2.75, 3.05) is 38.0 Å². The third kappa shape index (κ3) is 6.63. The number of benzene rings is 2. The van der Waals surface area contributed by atoms with Crippen LogP contribution in [0.15, 0.2) is 40.9 Å². The van der Waals surface area contributed by atoms with Gasteiger partial charge < -0.3 is 35.9 Å². The Bertz CT molecular complexity index is 1460. The number of fused-ring (bicyclic) bond motifs is 1. The lowest BCUT2D eigenvalue weighted by atomic mass is 9.84. The second-order valence-electron chi connectivity index (χ2n) is 9.70. The van der Waals surface area contributed by atoms with Crippen LogP contribution in [0.5, 0.6) is 0 Å². The van der Waals surface area contributed by atoms with Gasteiger partial charge in [-0.3, -0.25) is 19.2 Å². The first-order chi connectivity index (χ1) is 19.1. The van der Waals surface area contributed by atoms with Crippen LogP contribution in [-0.4, -0.2) is 77.3 Å². The molecule has 0 atom stereocenters. The minimum Gasteiger partial charge on any atom is -0.480 e. The number of carboxylic acid groups (broad SMARTS) is 1. The molecule has 2 heterocycles. The topological polar surface area (TPSA) is 178 Å². The van der Waals surface area contributed by atoms with Gasteiger partial charge in [0.15, 0.2) is 5.58 Å². The summed E-state index contributed by atoms with van der Waals surface area (Å²) in [5.41, 5.74) is 4.65. The average Bonchev–Trinajstić information content (AvgIpc) is 3.32. The molecular weight excluding hydrogens is 516 g/mol. The van der Waals surface area contributed by atoms with Gasteiger partial charge in [0.2, 0.25) is 17.7 Å². The highest BCUT2D eigenvalue weighted by Gasteiger charge is 2.28. The van der Waals surface area contributed by atoms with Gasteiger partial charge in [-0.2, -0.15) is 0 Å². The zero-order chi connectivity index (χ0) is 28.8. The van der Waals surface area contributed by atoms with E-state index in [1.54, 1.807) is 17.9 Å². The minimum atomic E-state index is -1.18. The number of hydrogen-bond acceptors (Lipinski definition) is 8. The third-order valence-corrected chi connectivity index (χ3v) is 6.97. The van der Waals surface area contributed by atoms with Crippen LogP contribution in [0.2, 0.25) is 0 Å². The number of aromatic nitrogens is 1. The second kappa shape index (κ2) is 12.4. The molecule has 12 heteroatoms. The molecule has 3 aromatic rings. The molecule has 3 amide bonds. The van der Waals surface area contributed by atoms with E-state index in [-0.39, 0.29) is 24.9 Å². The van der Waals surface area contributed by atoms with Crippen LogP contribution in [0.3, 0.4) is 0 Å². The Hall–Kier alpha value is -4.74. The van der Waals surface area contributed by atoms with Crippen molar-refractivity contribution < 1.29 is 28.8 Å². The standard InChI is InChI=1S/C28H32N6O6/c1-16-20-7-6-19(12-23(20)40-33-16)21-4-3-5-22(30-13-24(36)31-14-25(37)32-15-26(38)39)27(21)28(29)18-8-10-34(11-9-18)17(2)35/h3-7,12,18,29-30H,8-11,13-15H2,1-2H3,(H,31,36)(H,32,37)(H,38,39). The number of rotatable bonds is 10. The molecule has 0 radical (unpaired) electrons. The molecule has 0 spiro atoms. The number of anilines is 1. The third-order valence-electron chi connectivity index (χ3n) is 6.97. The fourth-order valence-electron chi connectivity index (χ4n) is 4.80. The van der Waals surface area contributed by atoms with Crippen molar-refractivity contribution in [3.05, 3.63) is 47.7 Å². The van der Waals surface area contributed by atoms with Gasteiger partial charge in [0.1, 0.15) is 6.54 Å². The SMILES string of the molecule is CC(=O)N1CCC(C(=N)c2c(NCC(=O)NCC(=O)NCC(=O)O)cccc2-c2ccc3c(C)noc3c2)CC1. The van der Waals surface area contributed by atoms with Gasteiger partial charge in [0, 0.05) is 48.3 Å². The van der Waals surface area contributed by atoms with Gasteiger partial charge in [-0.05, 0) is 49.1 Å². The highest BCUT2D eigenvalue weighted by molar-refractivity contribution is 6.10. The summed E-state index contributed by atoms with van der Waals surface area (Å²) < 4.78 is 5.47. The van der Waals surface area contributed by atoms with Crippen molar-refractivity contribution in [3.63, 3.8) is 0 Å². The highest BCUT2D eigenvalue weighted by Crippen LogP contribution is 2.35. The Labute approximate surface area is 230 Å². The number of carbonyl (C=O) groups excluding carboxylic acids is 3. The summed E-state index contributed by atoms with van der Waals surface area (Å²) in [6.45, 7) is 3.50. The van der Waals surface area contributed by atoms with Crippen LogP contribution in [-0.2, 0) is 19.2 Å². The summed E-state index contributed by atoms with van der Waals surface area (Å²) in [6.07, 6.45) is 1.30. The van der Waals surface area contributed by atoms with Gasteiger partial charge in [0.05, 0.1) is 18.8 Å². The van der Waals surface area contributed by atoms with E-state index in [1.807, 2.05) is 37.3 Å². The Morgan fingerprint density at radius 1 is 1.05 bits per heavy atom. The number of likely N-dealkylation sites (tertiary alicyclic amines) is 1. The highest BCUT2D eigenvalue weighted by atomic mass is 16.5. The van der Waals surface area contributed by atoms with Crippen molar-refractivity contribution in [1.82, 2.24) is 20.7 Å². The maximum atomic E-state index is 12.5. The van der Waals surface area contributed by atoms with E-state index in [2.05, 4.69) is 21.1 Å². The molecule has 1 aliphatic rings. The zero-order valence-corrected chi connectivity index (χ0v) is 22.4. The molecule has 0 unspecified atom stereocenters. The van der Waals surface area contributed by atoms with Gasteiger partial charge in [-0.15, -0.1) is 0 Å². The van der Waals surface area contributed by atoms with Crippen molar-refractivity contribution in [2.45, 2.75) is 26.7 Å². The number of aryl methyl sites for hydroxylation is 1. The predicted molar refractivity (Wildman–Crippen MR) is 148 cm³/mol. The van der Waals surface area contributed by atoms with Crippen molar-refractivity contribution in [2.24, 2.45) is 5.92 Å². The Morgan fingerprint density at radius 3 is 2.45 bits per heavy atom. The van der Waals surface area contributed by atoms with Crippen molar-refractivity contribution in [3.8, 4) is 11.1 Å². The van der Waals surface area contributed by atoms with E-state index in [0.717, 1.165) is 22.2 Å². The molecule has 1 aromatic heterocycles. The molecule has 1 fully saturated rings. The number of piperidine rings is 1. The lowest BCUT2D eigenvalue weighted by molar-refractivity contribution is -0.137. The van der Waals surface area contributed by atoms with Crippen LogP contribution in [0.1, 0.15) is 31.0 Å². The first kappa shape index (κ1) is 28.3.